The molecule has 0 bridgehead atoms. The molecule has 1 N–H and O–H groups in total. The zero-order valence-electron chi connectivity index (χ0n) is 12.0. The Kier molecular flexibility index (Phi) is 6.27. The van der Waals surface area contributed by atoms with Crippen molar-refractivity contribution in [3.05, 3.63) is 53.7 Å². The lowest BCUT2D eigenvalue weighted by molar-refractivity contribution is 0.647. The second-order valence-corrected chi connectivity index (χ2v) is 4.71. The highest BCUT2D eigenvalue weighted by Crippen LogP contribution is 2.18. The Bertz CT molecular complexity index is 396. The Morgan fingerprint density at radius 3 is 2.28 bits per heavy atom. The minimum absolute atomic E-state index is 0.723. The number of nitrogens with one attached hydrogen (secondary N) is 1. The number of rotatable bonds is 3. The molecule has 1 nitrogen and oxygen atoms in total. The van der Waals surface area contributed by atoms with Crippen LogP contribution in [0, 0.1) is 5.92 Å². The van der Waals surface area contributed by atoms with E-state index in [-0.39, 0.29) is 0 Å². The number of benzene rings is 1. The van der Waals surface area contributed by atoms with E-state index in [1.54, 1.807) is 0 Å². The molecule has 0 aliphatic carbocycles. The first-order valence-electron chi connectivity index (χ1n) is 6.95. The minimum Gasteiger partial charge on any atom is -0.387 e. The highest BCUT2D eigenvalue weighted by Gasteiger charge is 2.02. The molecular weight excluding hydrogens is 218 g/mol. The van der Waals surface area contributed by atoms with Crippen molar-refractivity contribution in [2.75, 3.05) is 6.54 Å². The average Bonchev–Trinajstić information content (AvgIpc) is 2.42. The molecule has 0 saturated carbocycles. The molecule has 1 aliphatic heterocycles. The minimum atomic E-state index is 0.723. The van der Waals surface area contributed by atoms with Crippen LogP contribution in [0.15, 0.2) is 42.6 Å². The third-order valence-electron chi connectivity index (χ3n) is 2.72. The summed E-state index contributed by atoms with van der Waals surface area (Å²) in [5.74, 6) is 0.723. The Morgan fingerprint density at radius 2 is 1.78 bits per heavy atom. The van der Waals surface area contributed by atoms with E-state index in [2.05, 4.69) is 61.8 Å². The fourth-order valence-electron chi connectivity index (χ4n) is 1.96. The van der Waals surface area contributed by atoms with E-state index in [1.165, 1.54) is 16.7 Å². The van der Waals surface area contributed by atoms with Crippen molar-refractivity contribution < 1.29 is 0 Å². The molecule has 1 heterocycles. The smallest absolute Gasteiger partial charge is 0.0328 e. The van der Waals surface area contributed by atoms with Crippen LogP contribution in [0.5, 0.6) is 0 Å². The van der Waals surface area contributed by atoms with Crippen LogP contribution < -0.4 is 5.32 Å². The van der Waals surface area contributed by atoms with Gasteiger partial charge in [-0.3, -0.25) is 0 Å². The van der Waals surface area contributed by atoms with Gasteiger partial charge in [0.05, 0.1) is 0 Å². The monoisotopic (exact) mass is 243 g/mol. The summed E-state index contributed by atoms with van der Waals surface area (Å²) in [4.78, 5) is 0. The number of dihydropyridines is 1. The van der Waals surface area contributed by atoms with Gasteiger partial charge in [-0.15, -0.1) is 0 Å². The molecule has 0 fully saturated rings. The molecule has 1 aromatic rings. The molecule has 0 atom stereocenters. The summed E-state index contributed by atoms with van der Waals surface area (Å²) in [5, 5.41) is 3.23. The van der Waals surface area contributed by atoms with Crippen molar-refractivity contribution in [1.82, 2.24) is 5.32 Å². The van der Waals surface area contributed by atoms with E-state index in [9.17, 15) is 0 Å². The van der Waals surface area contributed by atoms with Crippen molar-refractivity contribution in [1.29, 1.82) is 0 Å². The van der Waals surface area contributed by atoms with Gasteiger partial charge in [-0.1, -0.05) is 64.1 Å². The van der Waals surface area contributed by atoms with Crippen LogP contribution in [0.1, 0.15) is 38.8 Å². The second kappa shape index (κ2) is 7.75. The lowest BCUT2D eigenvalue weighted by Crippen LogP contribution is -2.08. The zero-order valence-corrected chi connectivity index (χ0v) is 12.0. The molecule has 98 valence electrons. The number of allylic oxidation sites excluding steroid dienone is 2. The molecule has 0 saturated heterocycles. The summed E-state index contributed by atoms with van der Waals surface area (Å²) < 4.78 is 0. The van der Waals surface area contributed by atoms with Gasteiger partial charge < -0.3 is 5.32 Å². The van der Waals surface area contributed by atoms with Gasteiger partial charge in [0, 0.05) is 12.7 Å². The third kappa shape index (κ3) is 4.40. The Balaban J connectivity index is 0.000000771. The van der Waals surface area contributed by atoms with Gasteiger partial charge in [-0.05, 0) is 29.0 Å². The largest absolute Gasteiger partial charge is 0.387 e. The standard InChI is InChI=1S/C15H19N.C2H6/c1-12(2)10-13-5-7-14(8-6-13)15-4-3-9-16-11-15;1-2/h3-8,11-12,16H,9-10H2,1-2H3;1-2H3. The van der Waals surface area contributed by atoms with Gasteiger partial charge in [0.25, 0.3) is 0 Å². The van der Waals surface area contributed by atoms with E-state index < -0.39 is 0 Å². The maximum absolute atomic E-state index is 3.23. The SMILES string of the molecule is CC.CC(C)Cc1ccc(C2=CNCC=C2)cc1. The molecular formula is C17H25N. The van der Waals surface area contributed by atoms with Gasteiger partial charge in [0.15, 0.2) is 0 Å². The fourth-order valence-corrected chi connectivity index (χ4v) is 1.96. The Labute approximate surface area is 112 Å². The summed E-state index contributed by atoms with van der Waals surface area (Å²) in [7, 11) is 0. The maximum Gasteiger partial charge on any atom is 0.0328 e. The maximum atomic E-state index is 3.23. The van der Waals surface area contributed by atoms with Crippen molar-refractivity contribution >= 4 is 5.57 Å². The average molecular weight is 243 g/mol. The van der Waals surface area contributed by atoms with Crippen LogP contribution in [0.4, 0.5) is 0 Å². The molecule has 1 aromatic carbocycles. The highest BCUT2D eigenvalue weighted by atomic mass is 14.8. The normalized spacial score (nSPS) is 13.5. The molecule has 0 spiro atoms. The molecule has 1 aliphatic rings. The summed E-state index contributed by atoms with van der Waals surface area (Å²) in [6.45, 7) is 9.45. The van der Waals surface area contributed by atoms with Crippen LogP contribution in [0.3, 0.4) is 0 Å². The predicted molar refractivity (Wildman–Crippen MR) is 81.5 cm³/mol. The van der Waals surface area contributed by atoms with Gasteiger partial charge in [-0.2, -0.15) is 0 Å². The lowest BCUT2D eigenvalue weighted by atomic mass is 9.99. The molecule has 2 rings (SSSR count). The van der Waals surface area contributed by atoms with Gasteiger partial charge in [0.2, 0.25) is 0 Å². The quantitative estimate of drug-likeness (QED) is 0.829. The summed E-state index contributed by atoms with van der Waals surface area (Å²) >= 11 is 0. The van der Waals surface area contributed by atoms with Gasteiger partial charge in [-0.25, -0.2) is 0 Å². The summed E-state index contributed by atoms with van der Waals surface area (Å²) in [6.07, 6.45) is 7.57. The third-order valence-corrected chi connectivity index (χ3v) is 2.72. The van der Waals surface area contributed by atoms with Gasteiger partial charge >= 0.3 is 0 Å². The van der Waals surface area contributed by atoms with Crippen LogP contribution in [0.2, 0.25) is 0 Å². The van der Waals surface area contributed by atoms with Crippen LogP contribution in [-0.2, 0) is 6.42 Å². The fraction of sp³-hybridized carbons (Fsp3) is 0.412. The van der Waals surface area contributed by atoms with Crippen LogP contribution >= 0.6 is 0 Å². The first-order chi connectivity index (χ1) is 8.75. The van der Waals surface area contributed by atoms with E-state index in [0.717, 1.165) is 18.9 Å². The number of hydrogen-bond donors (Lipinski definition) is 1. The van der Waals surface area contributed by atoms with E-state index in [4.69, 9.17) is 0 Å². The number of hydrogen-bond acceptors (Lipinski definition) is 1. The van der Waals surface area contributed by atoms with E-state index in [1.807, 2.05) is 13.8 Å². The Hall–Kier alpha value is -1.50. The first-order valence-corrected chi connectivity index (χ1v) is 6.95. The molecule has 0 unspecified atom stereocenters. The van der Waals surface area contributed by atoms with Crippen LogP contribution in [-0.4, -0.2) is 6.54 Å². The summed E-state index contributed by atoms with van der Waals surface area (Å²) in [5.41, 5.74) is 3.98. The molecule has 18 heavy (non-hydrogen) atoms. The molecule has 0 aromatic heterocycles. The van der Waals surface area contributed by atoms with Crippen molar-refractivity contribution in [2.24, 2.45) is 5.92 Å². The summed E-state index contributed by atoms with van der Waals surface area (Å²) in [6, 6.07) is 8.89. The lowest BCUT2D eigenvalue weighted by Gasteiger charge is -2.10. The van der Waals surface area contributed by atoms with Crippen LogP contribution in [0.25, 0.3) is 5.57 Å². The molecule has 0 radical (unpaired) electrons. The predicted octanol–water partition coefficient (Wildman–Crippen LogP) is 4.41. The first kappa shape index (κ1) is 14.6. The van der Waals surface area contributed by atoms with E-state index in [0.29, 0.717) is 0 Å². The second-order valence-electron chi connectivity index (χ2n) is 4.71. The zero-order chi connectivity index (χ0) is 13.4. The molecule has 1 heteroatoms. The van der Waals surface area contributed by atoms with Crippen molar-refractivity contribution in [3.8, 4) is 0 Å². The Morgan fingerprint density at radius 1 is 1.11 bits per heavy atom. The molecule has 0 amide bonds. The van der Waals surface area contributed by atoms with Gasteiger partial charge in [0.1, 0.15) is 0 Å². The topological polar surface area (TPSA) is 12.0 Å². The van der Waals surface area contributed by atoms with Crippen molar-refractivity contribution in [2.45, 2.75) is 34.1 Å². The van der Waals surface area contributed by atoms with E-state index >= 15 is 0 Å². The highest BCUT2D eigenvalue weighted by molar-refractivity contribution is 5.74. The van der Waals surface area contributed by atoms with Crippen molar-refractivity contribution in [3.63, 3.8) is 0 Å².